The zero-order valence-electron chi connectivity index (χ0n) is 11.4. The van der Waals surface area contributed by atoms with Crippen molar-refractivity contribution in [2.24, 2.45) is 11.5 Å². The maximum Gasteiger partial charge on any atom is 0.0311 e. The predicted molar refractivity (Wildman–Crippen MR) is 72.6 cm³/mol. The number of hydrogen-bond acceptors (Lipinski definition) is 6. The lowest BCUT2D eigenvalue weighted by molar-refractivity contribution is 0.352. The topological polar surface area (TPSA) is 132 Å². The van der Waals surface area contributed by atoms with Crippen LogP contribution in [0, 0.1) is 0 Å². The molecule has 19 heavy (non-hydrogen) atoms. The van der Waals surface area contributed by atoms with Gasteiger partial charge in [-0.25, -0.2) is 0 Å². The van der Waals surface area contributed by atoms with Crippen molar-refractivity contribution in [2.75, 3.05) is 0 Å². The first-order valence-corrected chi connectivity index (χ1v) is 8.30. The summed E-state index contributed by atoms with van der Waals surface area (Å²) < 4.78 is 34.1. The molecule has 7 heteroatoms. The monoisotopic (exact) mass is 294 g/mol. The summed E-state index contributed by atoms with van der Waals surface area (Å²) in [5.41, 5.74) is 11.3. The molecule has 2 aliphatic carbocycles. The molecule has 4 N–H and O–H groups in total. The minimum atomic E-state index is -5.17. The molecule has 0 aromatic carbocycles. The van der Waals surface area contributed by atoms with Crippen LogP contribution in [0.3, 0.4) is 0 Å². The van der Waals surface area contributed by atoms with E-state index in [0.29, 0.717) is 12.1 Å². The van der Waals surface area contributed by atoms with E-state index in [1.165, 1.54) is 64.2 Å². The van der Waals surface area contributed by atoms with Gasteiger partial charge in [0, 0.05) is 22.5 Å². The maximum absolute atomic E-state index is 8.52. The van der Waals surface area contributed by atoms with Gasteiger partial charge in [-0.15, -0.1) is 0 Å². The third kappa shape index (κ3) is 17.8. The van der Waals surface area contributed by atoms with Gasteiger partial charge >= 0.3 is 0 Å². The average molecular weight is 294 g/mol. The second-order valence-electron chi connectivity index (χ2n) is 5.20. The number of nitrogens with two attached hydrogens (primary N) is 2. The van der Waals surface area contributed by atoms with E-state index >= 15 is 0 Å². The van der Waals surface area contributed by atoms with Crippen molar-refractivity contribution in [3.63, 3.8) is 0 Å². The van der Waals surface area contributed by atoms with Gasteiger partial charge in [-0.1, -0.05) is 38.5 Å². The molecule has 0 heterocycles. The highest BCUT2D eigenvalue weighted by Gasteiger charge is 2.06. The van der Waals surface area contributed by atoms with E-state index in [2.05, 4.69) is 0 Å². The molecule has 0 aromatic rings. The summed E-state index contributed by atoms with van der Waals surface area (Å²) in [6, 6.07) is 1.07. The molecule has 0 aliphatic heterocycles. The van der Waals surface area contributed by atoms with Gasteiger partial charge in [0.05, 0.1) is 0 Å². The first-order valence-electron chi connectivity index (χ1n) is 6.97. The van der Waals surface area contributed by atoms with Crippen LogP contribution in [0.5, 0.6) is 0 Å². The Morgan fingerprint density at radius 2 is 0.895 bits per heavy atom. The van der Waals surface area contributed by atoms with Crippen LogP contribution in [0.2, 0.25) is 0 Å². The highest BCUT2D eigenvalue weighted by atomic mass is 32.3. The van der Waals surface area contributed by atoms with Gasteiger partial charge in [-0.05, 0) is 25.7 Å². The van der Waals surface area contributed by atoms with Crippen molar-refractivity contribution in [2.45, 2.75) is 76.3 Å². The van der Waals surface area contributed by atoms with Crippen LogP contribution < -0.4 is 11.5 Å². The molecular formula is C12H26N2O4S-2. The standard InChI is InChI=1S/2C6H13N.H2O4S/c2*7-6-4-2-1-3-5-6;1-5(2,3)4/h2*6H,1-5,7H2;(H2,1,2,3,4)/p-2. The minimum absolute atomic E-state index is 0.536. The van der Waals surface area contributed by atoms with E-state index < -0.39 is 10.4 Å². The van der Waals surface area contributed by atoms with E-state index in [4.69, 9.17) is 29.0 Å². The van der Waals surface area contributed by atoms with Crippen molar-refractivity contribution in [1.29, 1.82) is 0 Å². The molecule has 6 nitrogen and oxygen atoms in total. The van der Waals surface area contributed by atoms with Crippen molar-refractivity contribution in [3.05, 3.63) is 0 Å². The second kappa shape index (κ2) is 10.6. The Hall–Kier alpha value is -0.210. The van der Waals surface area contributed by atoms with Crippen molar-refractivity contribution in [1.82, 2.24) is 0 Å². The van der Waals surface area contributed by atoms with Crippen LogP contribution in [0.25, 0.3) is 0 Å². The fourth-order valence-electron chi connectivity index (χ4n) is 2.27. The maximum atomic E-state index is 8.52. The molecule has 0 spiro atoms. The van der Waals surface area contributed by atoms with Gasteiger partial charge in [-0.2, -0.15) is 0 Å². The third-order valence-electron chi connectivity index (χ3n) is 3.30. The minimum Gasteiger partial charge on any atom is -0.759 e. The summed E-state index contributed by atoms with van der Waals surface area (Å²) in [5.74, 6) is 0. The molecule has 0 unspecified atom stereocenters. The predicted octanol–water partition coefficient (Wildman–Crippen LogP) is 1.22. The molecule has 0 saturated heterocycles. The summed E-state index contributed by atoms with van der Waals surface area (Å²) in [6.07, 6.45) is 13.3. The summed E-state index contributed by atoms with van der Waals surface area (Å²) in [5, 5.41) is 0. The van der Waals surface area contributed by atoms with E-state index in [0.717, 1.165) is 0 Å². The normalized spacial score (nSPS) is 21.7. The first-order chi connectivity index (χ1) is 8.79. The molecule has 0 atom stereocenters. The molecule has 2 saturated carbocycles. The molecule has 2 rings (SSSR count). The highest BCUT2D eigenvalue weighted by Crippen LogP contribution is 2.15. The van der Waals surface area contributed by atoms with Crippen molar-refractivity contribution >= 4 is 10.4 Å². The van der Waals surface area contributed by atoms with Crippen LogP contribution >= 0.6 is 0 Å². The Morgan fingerprint density at radius 1 is 0.684 bits per heavy atom. The molecule has 0 bridgehead atoms. The average Bonchev–Trinajstić information content (AvgIpc) is 2.29. The lowest BCUT2D eigenvalue weighted by Gasteiger charge is -2.15. The van der Waals surface area contributed by atoms with Gasteiger partial charge in [0.15, 0.2) is 0 Å². The molecule has 116 valence electrons. The zero-order chi connectivity index (χ0) is 14.7. The molecule has 0 amide bonds. The molecule has 2 aliphatic rings. The Morgan fingerprint density at radius 3 is 1.00 bits per heavy atom. The van der Waals surface area contributed by atoms with Gasteiger partial charge in [0.25, 0.3) is 0 Å². The van der Waals surface area contributed by atoms with Gasteiger partial charge in [0.2, 0.25) is 0 Å². The second-order valence-corrected chi connectivity index (χ2v) is 6.02. The smallest absolute Gasteiger partial charge is 0.0311 e. The fourth-order valence-corrected chi connectivity index (χ4v) is 2.27. The van der Waals surface area contributed by atoms with E-state index in [-0.39, 0.29) is 0 Å². The Kier molecular flexibility index (Phi) is 10.4. The van der Waals surface area contributed by atoms with Crippen LogP contribution in [-0.4, -0.2) is 29.6 Å². The molecule has 2 fully saturated rings. The fraction of sp³-hybridized carbons (Fsp3) is 1.00. The van der Waals surface area contributed by atoms with Gasteiger partial charge in [-0.3, -0.25) is 8.42 Å². The summed E-state index contributed by atoms with van der Waals surface area (Å²) in [4.78, 5) is 0. The largest absolute Gasteiger partial charge is 0.759 e. The summed E-state index contributed by atoms with van der Waals surface area (Å²) in [6.45, 7) is 0. The molecule has 0 radical (unpaired) electrons. The van der Waals surface area contributed by atoms with E-state index in [9.17, 15) is 0 Å². The molecule has 0 aromatic heterocycles. The van der Waals surface area contributed by atoms with Gasteiger partial charge < -0.3 is 20.6 Å². The van der Waals surface area contributed by atoms with Crippen LogP contribution in [0.15, 0.2) is 0 Å². The van der Waals surface area contributed by atoms with E-state index in [1.54, 1.807) is 0 Å². The Bertz CT molecular complexity index is 273. The van der Waals surface area contributed by atoms with E-state index in [1.807, 2.05) is 0 Å². The SMILES string of the molecule is NC1CCCCC1.NC1CCCCC1.O=S(=O)([O-])[O-]. The highest BCUT2D eigenvalue weighted by molar-refractivity contribution is 7.79. The summed E-state index contributed by atoms with van der Waals surface area (Å²) in [7, 11) is -5.17. The zero-order valence-corrected chi connectivity index (χ0v) is 12.2. The number of rotatable bonds is 0. The van der Waals surface area contributed by atoms with Crippen molar-refractivity contribution in [3.8, 4) is 0 Å². The lowest BCUT2D eigenvalue weighted by atomic mass is 9.97. The lowest BCUT2D eigenvalue weighted by Crippen LogP contribution is -2.22. The third-order valence-corrected chi connectivity index (χ3v) is 3.30. The summed E-state index contributed by atoms with van der Waals surface area (Å²) >= 11 is 0. The van der Waals surface area contributed by atoms with Crippen molar-refractivity contribution < 1.29 is 17.5 Å². The first kappa shape index (κ1) is 18.8. The van der Waals surface area contributed by atoms with Gasteiger partial charge in [0.1, 0.15) is 0 Å². The Balaban J connectivity index is 0.000000261. The molecular weight excluding hydrogens is 268 g/mol. The number of hydrogen-bond donors (Lipinski definition) is 2. The quantitative estimate of drug-likeness (QED) is 0.510. The van der Waals surface area contributed by atoms with Crippen LogP contribution in [0.4, 0.5) is 0 Å². The van der Waals surface area contributed by atoms with Crippen LogP contribution in [0.1, 0.15) is 64.2 Å². The van der Waals surface area contributed by atoms with Crippen LogP contribution in [-0.2, 0) is 10.4 Å². The Labute approximate surface area is 116 Å².